The van der Waals surface area contributed by atoms with Gasteiger partial charge in [0.1, 0.15) is 15.4 Å². The smallest absolute Gasteiger partial charge is 0.255 e. The molecule has 0 aliphatic carbocycles. The van der Waals surface area contributed by atoms with Crippen LogP contribution in [0.2, 0.25) is 0 Å². The molecule has 190 valence electrons. The lowest BCUT2D eigenvalue weighted by Crippen LogP contribution is -2.39. The van der Waals surface area contributed by atoms with Crippen LogP contribution in [0.1, 0.15) is 28.8 Å². The number of carbonyl (C=O) groups excluding carboxylic acids is 1. The van der Waals surface area contributed by atoms with Gasteiger partial charge in [0, 0.05) is 47.9 Å². The fourth-order valence-corrected chi connectivity index (χ4v) is 5.71. The molecule has 0 saturated carbocycles. The Labute approximate surface area is 225 Å². The van der Waals surface area contributed by atoms with Crippen LogP contribution in [0, 0.1) is 0 Å². The molecule has 1 aliphatic heterocycles. The van der Waals surface area contributed by atoms with E-state index in [0.29, 0.717) is 17.3 Å². The molecule has 38 heavy (non-hydrogen) atoms. The molecule has 5 aromatic rings. The van der Waals surface area contributed by atoms with Gasteiger partial charge in [-0.25, -0.2) is 9.97 Å². The summed E-state index contributed by atoms with van der Waals surface area (Å²) in [5.74, 6) is -0.175. The molecule has 0 unspecified atom stereocenters. The van der Waals surface area contributed by atoms with Gasteiger partial charge in [-0.05, 0) is 73.5 Å². The molecule has 4 heterocycles. The van der Waals surface area contributed by atoms with Gasteiger partial charge in [0.15, 0.2) is 0 Å². The largest absolute Gasteiger partial charge is 0.328 e. The molecular formula is C30H28N6OS. The molecule has 0 radical (unpaired) electrons. The fraction of sp³-hybridized carbons (Fsp3) is 0.200. The van der Waals surface area contributed by atoms with Crippen molar-refractivity contribution in [2.75, 3.05) is 18.4 Å². The number of carbonyl (C=O) groups is 1. The van der Waals surface area contributed by atoms with Gasteiger partial charge in [-0.15, -0.1) is 0 Å². The number of amides is 1. The summed E-state index contributed by atoms with van der Waals surface area (Å²) < 4.78 is 0. The number of nitrogens with two attached hydrogens (primary N) is 1. The van der Waals surface area contributed by atoms with Gasteiger partial charge >= 0.3 is 0 Å². The SMILES string of the molecule is NC1CCN(Cc2cnc3sc(-c4ccccc4NC(=O)c4cccc(-c5cccnc5)c4)nc3c2)CC1. The zero-order chi connectivity index (χ0) is 25.9. The maximum atomic E-state index is 13.2. The number of benzene rings is 2. The number of piperidine rings is 1. The third-order valence-corrected chi connectivity index (χ3v) is 7.88. The summed E-state index contributed by atoms with van der Waals surface area (Å²) >= 11 is 1.53. The van der Waals surface area contributed by atoms with E-state index < -0.39 is 0 Å². The summed E-state index contributed by atoms with van der Waals surface area (Å²) in [7, 11) is 0. The lowest BCUT2D eigenvalue weighted by molar-refractivity contribution is 0.102. The van der Waals surface area contributed by atoms with E-state index in [2.05, 4.69) is 21.3 Å². The van der Waals surface area contributed by atoms with Crippen molar-refractivity contribution in [2.45, 2.75) is 25.4 Å². The predicted molar refractivity (Wildman–Crippen MR) is 153 cm³/mol. The minimum Gasteiger partial charge on any atom is -0.328 e. The molecule has 0 atom stereocenters. The monoisotopic (exact) mass is 520 g/mol. The van der Waals surface area contributed by atoms with Gasteiger partial charge in [0.05, 0.1) is 5.69 Å². The van der Waals surface area contributed by atoms with E-state index in [9.17, 15) is 4.79 Å². The van der Waals surface area contributed by atoms with Crippen LogP contribution in [-0.2, 0) is 6.54 Å². The Morgan fingerprint density at radius 3 is 2.68 bits per heavy atom. The van der Waals surface area contributed by atoms with Crippen molar-refractivity contribution in [3.8, 4) is 21.7 Å². The first-order valence-electron chi connectivity index (χ1n) is 12.8. The van der Waals surface area contributed by atoms with E-state index in [-0.39, 0.29) is 5.91 Å². The van der Waals surface area contributed by atoms with Gasteiger partial charge in [0.25, 0.3) is 5.91 Å². The second kappa shape index (κ2) is 10.8. The van der Waals surface area contributed by atoms with E-state index in [1.54, 1.807) is 12.4 Å². The number of nitrogens with zero attached hydrogens (tertiary/aromatic N) is 4. The van der Waals surface area contributed by atoms with Crippen molar-refractivity contribution in [1.29, 1.82) is 0 Å². The van der Waals surface area contributed by atoms with Gasteiger partial charge in [-0.3, -0.25) is 14.7 Å². The quantitative estimate of drug-likeness (QED) is 0.303. The zero-order valence-corrected chi connectivity index (χ0v) is 21.7. The number of rotatable bonds is 6. The van der Waals surface area contributed by atoms with Gasteiger partial charge in [-0.1, -0.05) is 41.7 Å². The average molecular weight is 521 g/mol. The Balaban J connectivity index is 1.23. The van der Waals surface area contributed by atoms with Crippen LogP contribution in [0.5, 0.6) is 0 Å². The second-order valence-electron chi connectivity index (χ2n) is 9.62. The van der Waals surface area contributed by atoms with E-state index in [4.69, 9.17) is 15.7 Å². The maximum absolute atomic E-state index is 13.2. The molecule has 3 aromatic heterocycles. The molecule has 8 heteroatoms. The van der Waals surface area contributed by atoms with Crippen molar-refractivity contribution in [2.24, 2.45) is 5.73 Å². The highest BCUT2D eigenvalue weighted by Gasteiger charge is 2.18. The molecule has 6 rings (SSSR count). The summed E-state index contributed by atoms with van der Waals surface area (Å²) in [4.78, 5) is 30.3. The molecule has 0 bridgehead atoms. The lowest BCUT2D eigenvalue weighted by atomic mass is 10.0. The van der Waals surface area contributed by atoms with Crippen LogP contribution in [0.15, 0.2) is 85.3 Å². The topological polar surface area (TPSA) is 97.0 Å². The Bertz CT molecular complexity index is 1580. The first-order chi connectivity index (χ1) is 18.6. The Morgan fingerprint density at radius 1 is 1.00 bits per heavy atom. The fourth-order valence-electron chi connectivity index (χ4n) is 4.78. The van der Waals surface area contributed by atoms with Crippen LogP contribution in [0.25, 0.3) is 32.0 Å². The summed E-state index contributed by atoms with van der Waals surface area (Å²) in [5, 5.41) is 3.92. The van der Waals surface area contributed by atoms with Crippen LogP contribution >= 0.6 is 11.3 Å². The number of pyridine rings is 2. The standard InChI is InChI=1S/C30H28N6OS/c31-24-10-13-36(14-11-24)19-20-15-27-30(33-17-20)38-29(35-27)25-8-1-2-9-26(25)34-28(37)22-6-3-5-21(16-22)23-7-4-12-32-18-23/h1-9,12,15-18,24H,10-11,13-14,19,31H2,(H,34,37). The van der Waals surface area contributed by atoms with Crippen molar-refractivity contribution in [3.63, 3.8) is 0 Å². The van der Waals surface area contributed by atoms with Crippen LogP contribution < -0.4 is 11.1 Å². The third kappa shape index (κ3) is 5.33. The number of hydrogen-bond acceptors (Lipinski definition) is 7. The number of nitrogens with one attached hydrogen (secondary N) is 1. The number of thiazole rings is 1. The van der Waals surface area contributed by atoms with Gasteiger partial charge in [0.2, 0.25) is 0 Å². The number of anilines is 1. The minimum atomic E-state index is -0.175. The highest BCUT2D eigenvalue weighted by Crippen LogP contribution is 2.34. The molecule has 0 spiro atoms. The first kappa shape index (κ1) is 24.4. The van der Waals surface area contributed by atoms with Crippen molar-refractivity contribution < 1.29 is 4.79 Å². The number of para-hydroxylation sites is 1. The highest BCUT2D eigenvalue weighted by molar-refractivity contribution is 7.21. The molecule has 1 fully saturated rings. The zero-order valence-electron chi connectivity index (χ0n) is 20.9. The first-order valence-corrected chi connectivity index (χ1v) is 13.6. The molecule has 3 N–H and O–H groups in total. The number of hydrogen-bond donors (Lipinski definition) is 2. The summed E-state index contributed by atoms with van der Waals surface area (Å²) in [6.07, 6.45) is 7.54. The summed E-state index contributed by atoms with van der Waals surface area (Å²) in [6, 6.07) is 21.6. The van der Waals surface area contributed by atoms with Crippen LogP contribution in [0.3, 0.4) is 0 Å². The molecule has 7 nitrogen and oxygen atoms in total. The summed E-state index contributed by atoms with van der Waals surface area (Å²) in [6.45, 7) is 2.88. The van der Waals surface area contributed by atoms with E-state index in [0.717, 1.165) is 70.1 Å². The molecule has 1 aliphatic rings. The molecule has 2 aromatic carbocycles. The molecular weight excluding hydrogens is 492 g/mol. The van der Waals surface area contributed by atoms with Crippen molar-refractivity contribution >= 4 is 33.3 Å². The predicted octanol–water partition coefficient (Wildman–Crippen LogP) is 5.60. The molecule has 1 saturated heterocycles. The number of aromatic nitrogens is 3. The van der Waals surface area contributed by atoms with E-state index in [1.807, 2.05) is 66.9 Å². The Morgan fingerprint density at radius 2 is 1.84 bits per heavy atom. The maximum Gasteiger partial charge on any atom is 0.255 e. The minimum absolute atomic E-state index is 0.175. The number of likely N-dealkylation sites (tertiary alicyclic amines) is 1. The van der Waals surface area contributed by atoms with E-state index >= 15 is 0 Å². The van der Waals surface area contributed by atoms with Crippen LogP contribution in [0.4, 0.5) is 5.69 Å². The van der Waals surface area contributed by atoms with E-state index in [1.165, 1.54) is 11.3 Å². The third-order valence-electron chi connectivity index (χ3n) is 6.87. The second-order valence-corrected chi connectivity index (χ2v) is 10.6. The van der Waals surface area contributed by atoms with Crippen LogP contribution in [-0.4, -0.2) is 44.9 Å². The lowest BCUT2D eigenvalue weighted by Gasteiger charge is -2.29. The van der Waals surface area contributed by atoms with Gasteiger partial charge < -0.3 is 11.1 Å². The Kier molecular flexibility index (Phi) is 6.92. The van der Waals surface area contributed by atoms with Gasteiger partial charge in [-0.2, -0.15) is 0 Å². The number of fused-ring (bicyclic) bond motifs is 1. The Hall–Kier alpha value is -3.98. The van der Waals surface area contributed by atoms with Crippen molar-refractivity contribution in [3.05, 3.63) is 96.4 Å². The summed E-state index contributed by atoms with van der Waals surface area (Å²) in [5.41, 5.74) is 12.2. The van der Waals surface area contributed by atoms with Crippen molar-refractivity contribution in [1.82, 2.24) is 19.9 Å². The highest BCUT2D eigenvalue weighted by atomic mass is 32.1. The average Bonchev–Trinajstić information content (AvgIpc) is 3.38. The molecule has 1 amide bonds. The normalized spacial score (nSPS) is 14.6.